The molecular formula is C22H27N3O3. The van der Waals surface area contributed by atoms with Gasteiger partial charge in [0.2, 0.25) is 0 Å². The highest BCUT2D eigenvalue weighted by atomic mass is 16.5. The Balaban J connectivity index is 1.56. The van der Waals surface area contributed by atoms with Crippen molar-refractivity contribution in [1.29, 1.82) is 0 Å². The van der Waals surface area contributed by atoms with Gasteiger partial charge in [-0.25, -0.2) is 9.59 Å². The lowest BCUT2D eigenvalue weighted by molar-refractivity contribution is 0.0526. The van der Waals surface area contributed by atoms with E-state index in [0.29, 0.717) is 30.9 Å². The summed E-state index contributed by atoms with van der Waals surface area (Å²) in [6, 6.07) is 13.0. The molecule has 1 aliphatic heterocycles. The molecule has 0 bridgehead atoms. The maximum Gasteiger partial charge on any atom is 0.338 e. The summed E-state index contributed by atoms with van der Waals surface area (Å²) in [7, 11) is 0. The fourth-order valence-electron chi connectivity index (χ4n) is 3.54. The molecule has 0 atom stereocenters. The van der Waals surface area contributed by atoms with Crippen LogP contribution in [0.25, 0.3) is 0 Å². The molecular weight excluding hydrogens is 354 g/mol. The van der Waals surface area contributed by atoms with Gasteiger partial charge in [0.25, 0.3) is 0 Å². The van der Waals surface area contributed by atoms with E-state index in [-0.39, 0.29) is 12.0 Å². The predicted molar refractivity (Wildman–Crippen MR) is 111 cm³/mol. The van der Waals surface area contributed by atoms with Crippen LogP contribution in [0, 0.1) is 13.8 Å². The van der Waals surface area contributed by atoms with Crippen molar-refractivity contribution in [1.82, 2.24) is 4.90 Å². The van der Waals surface area contributed by atoms with E-state index in [1.54, 1.807) is 31.2 Å². The van der Waals surface area contributed by atoms with Crippen LogP contribution in [0.5, 0.6) is 0 Å². The van der Waals surface area contributed by atoms with E-state index in [4.69, 9.17) is 4.74 Å². The Labute approximate surface area is 166 Å². The number of amides is 2. The molecule has 1 N–H and O–H groups in total. The van der Waals surface area contributed by atoms with Gasteiger partial charge >= 0.3 is 12.0 Å². The molecule has 3 rings (SSSR count). The van der Waals surface area contributed by atoms with Gasteiger partial charge in [0.05, 0.1) is 12.2 Å². The van der Waals surface area contributed by atoms with Crippen LogP contribution in [-0.4, -0.2) is 49.7 Å². The van der Waals surface area contributed by atoms with Crippen molar-refractivity contribution in [3.63, 3.8) is 0 Å². The molecule has 1 saturated heterocycles. The van der Waals surface area contributed by atoms with Gasteiger partial charge in [-0.2, -0.15) is 0 Å². The second-order valence-electron chi connectivity index (χ2n) is 6.94. The minimum absolute atomic E-state index is 0.120. The van der Waals surface area contributed by atoms with E-state index < -0.39 is 0 Å². The van der Waals surface area contributed by atoms with Crippen molar-refractivity contribution in [3.8, 4) is 0 Å². The summed E-state index contributed by atoms with van der Waals surface area (Å²) < 4.78 is 4.97. The Bertz CT molecular complexity index is 820. The van der Waals surface area contributed by atoms with Crippen LogP contribution in [-0.2, 0) is 4.74 Å². The Morgan fingerprint density at radius 3 is 2.14 bits per heavy atom. The van der Waals surface area contributed by atoms with Crippen LogP contribution in [0.3, 0.4) is 0 Å². The van der Waals surface area contributed by atoms with Crippen molar-refractivity contribution >= 4 is 23.4 Å². The third-order valence-corrected chi connectivity index (χ3v) is 4.97. The first kappa shape index (κ1) is 19.7. The molecule has 0 aliphatic carbocycles. The molecule has 6 heteroatoms. The lowest BCUT2D eigenvalue weighted by Crippen LogP contribution is -2.50. The van der Waals surface area contributed by atoms with Gasteiger partial charge < -0.3 is 19.9 Å². The number of para-hydroxylation sites is 1. The average Bonchev–Trinajstić information content (AvgIpc) is 2.69. The number of carbonyl (C=O) groups is 2. The van der Waals surface area contributed by atoms with Gasteiger partial charge in [0, 0.05) is 37.6 Å². The molecule has 148 valence electrons. The monoisotopic (exact) mass is 381 g/mol. The predicted octanol–water partition coefficient (Wildman–Crippen LogP) is 3.83. The van der Waals surface area contributed by atoms with Gasteiger partial charge in [-0.15, -0.1) is 0 Å². The zero-order chi connectivity index (χ0) is 20.1. The zero-order valence-corrected chi connectivity index (χ0v) is 16.7. The number of carbonyl (C=O) groups excluding carboxylic acids is 2. The van der Waals surface area contributed by atoms with Crippen molar-refractivity contribution in [2.75, 3.05) is 43.0 Å². The van der Waals surface area contributed by atoms with Crippen LogP contribution in [0.1, 0.15) is 28.4 Å². The fraction of sp³-hybridized carbons (Fsp3) is 0.364. The molecule has 0 spiro atoms. The highest BCUT2D eigenvalue weighted by Crippen LogP contribution is 2.25. The van der Waals surface area contributed by atoms with E-state index in [9.17, 15) is 9.59 Å². The Kier molecular flexibility index (Phi) is 6.19. The summed E-state index contributed by atoms with van der Waals surface area (Å²) in [4.78, 5) is 28.4. The van der Waals surface area contributed by atoms with Gasteiger partial charge in [-0.3, -0.25) is 0 Å². The smallest absolute Gasteiger partial charge is 0.338 e. The summed E-state index contributed by atoms with van der Waals surface area (Å²) in [6.45, 7) is 9.31. The van der Waals surface area contributed by atoms with Gasteiger partial charge in [-0.1, -0.05) is 18.2 Å². The quantitative estimate of drug-likeness (QED) is 0.818. The van der Waals surface area contributed by atoms with Crippen LogP contribution >= 0.6 is 0 Å². The summed E-state index contributed by atoms with van der Waals surface area (Å²) in [5, 5.41) is 2.90. The number of nitrogens with one attached hydrogen (secondary N) is 1. The number of rotatable bonds is 4. The standard InChI is InChI=1S/C22H27N3O3/c1-4-28-21(26)18-8-10-19(11-9-18)23-22(27)25-14-12-24(13-15-25)20-16(2)6-5-7-17(20)3/h5-11H,4,12-15H2,1-3H3,(H,23,27). The molecule has 1 heterocycles. The van der Waals surface area contributed by atoms with Crippen molar-refractivity contribution in [2.45, 2.75) is 20.8 Å². The maximum absolute atomic E-state index is 12.6. The first-order valence-corrected chi connectivity index (χ1v) is 9.64. The third-order valence-electron chi connectivity index (χ3n) is 4.97. The SMILES string of the molecule is CCOC(=O)c1ccc(NC(=O)N2CCN(c3c(C)cccc3C)CC2)cc1. The van der Waals surface area contributed by atoms with Crippen LogP contribution < -0.4 is 10.2 Å². The summed E-state index contributed by atoms with van der Waals surface area (Å²) in [5.41, 5.74) is 4.94. The first-order valence-electron chi connectivity index (χ1n) is 9.64. The number of esters is 1. The average molecular weight is 381 g/mol. The number of hydrogen-bond donors (Lipinski definition) is 1. The molecule has 1 aliphatic rings. The summed E-state index contributed by atoms with van der Waals surface area (Å²) in [6.07, 6.45) is 0. The van der Waals surface area contributed by atoms with Gasteiger partial charge in [0.15, 0.2) is 0 Å². The number of piperazine rings is 1. The minimum Gasteiger partial charge on any atom is -0.462 e. The number of anilines is 2. The molecule has 6 nitrogen and oxygen atoms in total. The second kappa shape index (κ2) is 8.78. The van der Waals surface area contributed by atoms with E-state index in [2.05, 4.69) is 42.3 Å². The lowest BCUT2D eigenvalue weighted by atomic mass is 10.1. The van der Waals surface area contributed by atoms with Gasteiger partial charge in [-0.05, 0) is 56.2 Å². The van der Waals surface area contributed by atoms with Crippen molar-refractivity contribution in [2.24, 2.45) is 0 Å². The van der Waals surface area contributed by atoms with E-state index >= 15 is 0 Å². The van der Waals surface area contributed by atoms with E-state index in [1.165, 1.54) is 16.8 Å². The summed E-state index contributed by atoms with van der Waals surface area (Å²) >= 11 is 0. The zero-order valence-electron chi connectivity index (χ0n) is 16.7. The highest BCUT2D eigenvalue weighted by Gasteiger charge is 2.23. The third kappa shape index (κ3) is 4.44. The first-order chi connectivity index (χ1) is 13.5. The Morgan fingerprint density at radius 1 is 0.964 bits per heavy atom. The van der Waals surface area contributed by atoms with Crippen molar-refractivity contribution in [3.05, 3.63) is 59.2 Å². The van der Waals surface area contributed by atoms with Crippen LogP contribution in [0.4, 0.5) is 16.2 Å². The van der Waals surface area contributed by atoms with Crippen LogP contribution in [0.15, 0.2) is 42.5 Å². The normalized spacial score (nSPS) is 14.0. The van der Waals surface area contributed by atoms with Crippen LogP contribution in [0.2, 0.25) is 0 Å². The number of urea groups is 1. The molecule has 1 fully saturated rings. The van der Waals surface area contributed by atoms with E-state index in [1.807, 2.05) is 4.90 Å². The maximum atomic E-state index is 12.6. The number of aryl methyl sites for hydroxylation is 2. The molecule has 2 aromatic carbocycles. The number of benzene rings is 2. The van der Waals surface area contributed by atoms with E-state index in [0.717, 1.165) is 13.1 Å². The molecule has 28 heavy (non-hydrogen) atoms. The number of ether oxygens (including phenoxy) is 1. The largest absolute Gasteiger partial charge is 0.462 e. The number of nitrogens with zero attached hydrogens (tertiary/aromatic N) is 2. The summed E-state index contributed by atoms with van der Waals surface area (Å²) in [5.74, 6) is -0.358. The lowest BCUT2D eigenvalue weighted by Gasteiger charge is -2.37. The van der Waals surface area contributed by atoms with Crippen molar-refractivity contribution < 1.29 is 14.3 Å². The highest BCUT2D eigenvalue weighted by molar-refractivity contribution is 5.92. The fourth-order valence-corrected chi connectivity index (χ4v) is 3.54. The molecule has 0 radical (unpaired) electrons. The van der Waals surface area contributed by atoms with Gasteiger partial charge in [0.1, 0.15) is 0 Å². The Hall–Kier alpha value is -3.02. The second-order valence-corrected chi connectivity index (χ2v) is 6.94. The minimum atomic E-state index is -0.358. The molecule has 2 aromatic rings. The molecule has 0 saturated carbocycles. The Morgan fingerprint density at radius 2 is 1.57 bits per heavy atom. The molecule has 2 amide bonds. The molecule has 0 aromatic heterocycles. The topological polar surface area (TPSA) is 61.9 Å². The molecule has 0 unspecified atom stereocenters. The number of hydrogen-bond acceptors (Lipinski definition) is 4.